The van der Waals surface area contributed by atoms with E-state index in [0.717, 1.165) is 13.2 Å². The monoisotopic (exact) mass is 255 g/mol. The van der Waals surface area contributed by atoms with Crippen LogP contribution >= 0.6 is 0 Å². The molecular formula is C15H29NO2. The van der Waals surface area contributed by atoms with Gasteiger partial charge in [-0.15, -0.1) is 0 Å². The number of ether oxygens (including phenoxy) is 2. The Morgan fingerprint density at radius 2 is 2.11 bits per heavy atom. The van der Waals surface area contributed by atoms with E-state index in [4.69, 9.17) is 9.47 Å². The molecule has 0 saturated heterocycles. The lowest BCUT2D eigenvalue weighted by Crippen LogP contribution is -2.68. The van der Waals surface area contributed by atoms with Crippen LogP contribution in [-0.2, 0) is 9.47 Å². The van der Waals surface area contributed by atoms with Gasteiger partial charge in [0, 0.05) is 31.2 Å². The highest BCUT2D eigenvalue weighted by Gasteiger charge is 2.58. The molecule has 1 N–H and O–H groups in total. The first-order valence-electron chi connectivity index (χ1n) is 7.63. The topological polar surface area (TPSA) is 30.5 Å². The maximum Gasteiger partial charge on any atom is 0.0661 e. The molecule has 3 heteroatoms. The number of hydrogen-bond donors (Lipinski definition) is 1. The van der Waals surface area contributed by atoms with Gasteiger partial charge in [-0.2, -0.15) is 0 Å². The van der Waals surface area contributed by atoms with Crippen molar-refractivity contribution in [1.29, 1.82) is 0 Å². The van der Waals surface area contributed by atoms with Crippen molar-refractivity contribution < 1.29 is 9.47 Å². The Balaban J connectivity index is 1.86. The van der Waals surface area contributed by atoms with E-state index >= 15 is 0 Å². The van der Waals surface area contributed by atoms with Crippen molar-refractivity contribution in [2.24, 2.45) is 5.41 Å². The van der Waals surface area contributed by atoms with E-state index in [1.165, 1.54) is 38.5 Å². The summed E-state index contributed by atoms with van der Waals surface area (Å²) in [6, 6.07) is 1.18. The molecule has 0 amide bonds. The van der Waals surface area contributed by atoms with E-state index in [9.17, 15) is 0 Å². The first kappa shape index (κ1) is 14.3. The molecule has 3 atom stereocenters. The van der Waals surface area contributed by atoms with Crippen molar-refractivity contribution >= 4 is 0 Å². The summed E-state index contributed by atoms with van der Waals surface area (Å²) in [6.45, 7) is 6.04. The highest BCUT2D eigenvalue weighted by molar-refractivity contribution is 5.12. The van der Waals surface area contributed by atoms with Gasteiger partial charge in [-0.25, -0.2) is 0 Å². The summed E-state index contributed by atoms with van der Waals surface area (Å²) >= 11 is 0. The van der Waals surface area contributed by atoms with Gasteiger partial charge in [-0.1, -0.05) is 19.8 Å². The largest absolute Gasteiger partial charge is 0.383 e. The highest BCUT2D eigenvalue weighted by Crippen LogP contribution is 2.57. The summed E-state index contributed by atoms with van der Waals surface area (Å²) < 4.78 is 11.2. The summed E-state index contributed by atoms with van der Waals surface area (Å²) in [7, 11) is 1.80. The minimum absolute atomic E-state index is 0.468. The first-order chi connectivity index (χ1) is 8.76. The van der Waals surface area contributed by atoms with Gasteiger partial charge in [0.15, 0.2) is 0 Å². The molecule has 0 bridgehead atoms. The predicted octanol–water partition coefficient (Wildman–Crippen LogP) is 2.74. The minimum atomic E-state index is 0.468. The molecule has 0 heterocycles. The predicted molar refractivity (Wildman–Crippen MR) is 73.8 cm³/mol. The van der Waals surface area contributed by atoms with Crippen LogP contribution in [0.25, 0.3) is 0 Å². The molecule has 0 aliphatic heterocycles. The molecule has 0 aromatic heterocycles. The number of nitrogens with one attached hydrogen (secondary N) is 1. The second kappa shape index (κ2) is 6.36. The molecule has 3 unspecified atom stereocenters. The van der Waals surface area contributed by atoms with Crippen LogP contribution in [0, 0.1) is 5.41 Å². The minimum Gasteiger partial charge on any atom is -0.383 e. The molecule has 2 aliphatic carbocycles. The average molecular weight is 255 g/mol. The van der Waals surface area contributed by atoms with E-state index in [1.807, 2.05) is 0 Å². The van der Waals surface area contributed by atoms with E-state index in [1.54, 1.807) is 7.11 Å². The van der Waals surface area contributed by atoms with E-state index in [-0.39, 0.29) is 0 Å². The summed E-state index contributed by atoms with van der Waals surface area (Å²) in [6.07, 6.45) is 8.21. The Bertz CT molecular complexity index is 247. The fourth-order valence-electron chi connectivity index (χ4n) is 3.72. The molecule has 1 spiro atoms. The molecule has 0 aromatic carbocycles. The maximum atomic E-state index is 5.90. The van der Waals surface area contributed by atoms with Gasteiger partial charge < -0.3 is 14.8 Å². The van der Waals surface area contributed by atoms with Gasteiger partial charge in [0.05, 0.1) is 12.7 Å². The zero-order chi connectivity index (χ0) is 13.0. The molecule has 18 heavy (non-hydrogen) atoms. The van der Waals surface area contributed by atoms with Crippen LogP contribution in [0.15, 0.2) is 0 Å². The van der Waals surface area contributed by atoms with Crippen LogP contribution < -0.4 is 5.32 Å². The average Bonchev–Trinajstić information content (AvgIpc) is 2.25. The highest BCUT2D eigenvalue weighted by atomic mass is 16.5. The Kier molecular flexibility index (Phi) is 5.05. The van der Waals surface area contributed by atoms with E-state index in [2.05, 4.69) is 19.2 Å². The van der Waals surface area contributed by atoms with Gasteiger partial charge in [-0.05, 0) is 32.6 Å². The lowest BCUT2D eigenvalue weighted by Gasteiger charge is -2.61. The van der Waals surface area contributed by atoms with Crippen LogP contribution in [0.5, 0.6) is 0 Å². The summed E-state index contributed by atoms with van der Waals surface area (Å²) in [4.78, 5) is 0. The molecule has 2 aliphatic rings. The van der Waals surface area contributed by atoms with Crippen LogP contribution in [-0.4, -0.2) is 38.5 Å². The third-order valence-corrected chi connectivity index (χ3v) is 4.88. The Hall–Kier alpha value is -0.120. The molecule has 2 rings (SSSR count). The normalized spacial score (nSPS) is 30.8. The smallest absolute Gasteiger partial charge is 0.0661 e. The van der Waals surface area contributed by atoms with E-state index in [0.29, 0.717) is 23.6 Å². The van der Waals surface area contributed by atoms with Crippen LogP contribution in [0.3, 0.4) is 0 Å². The zero-order valence-electron chi connectivity index (χ0n) is 12.2. The second-order valence-corrected chi connectivity index (χ2v) is 5.93. The first-order valence-corrected chi connectivity index (χ1v) is 7.63. The molecule has 0 aromatic rings. The van der Waals surface area contributed by atoms with Gasteiger partial charge in [0.25, 0.3) is 0 Å². The molecule has 0 radical (unpaired) electrons. The van der Waals surface area contributed by atoms with Gasteiger partial charge in [-0.3, -0.25) is 0 Å². The van der Waals surface area contributed by atoms with Crippen molar-refractivity contribution in [2.45, 2.75) is 70.6 Å². The Morgan fingerprint density at radius 1 is 1.33 bits per heavy atom. The standard InChI is InChI=1S/C15H29NO2/c1-4-7-12(11-17-3)16-13-10-14(18-5-2)15(13)8-6-9-15/h12-14,16H,4-11H2,1-3H3. The second-order valence-electron chi connectivity index (χ2n) is 5.93. The van der Waals surface area contributed by atoms with Crippen LogP contribution in [0.1, 0.15) is 52.4 Å². The van der Waals surface area contributed by atoms with Crippen molar-refractivity contribution in [1.82, 2.24) is 5.32 Å². The molecule has 2 saturated carbocycles. The van der Waals surface area contributed by atoms with Crippen molar-refractivity contribution in [3.63, 3.8) is 0 Å². The number of rotatable bonds is 8. The molecule has 2 fully saturated rings. The number of methoxy groups -OCH3 is 1. The third kappa shape index (κ3) is 2.59. The van der Waals surface area contributed by atoms with Crippen LogP contribution in [0.4, 0.5) is 0 Å². The quantitative estimate of drug-likeness (QED) is 0.723. The summed E-state index contributed by atoms with van der Waals surface area (Å²) in [5.74, 6) is 0. The third-order valence-electron chi connectivity index (χ3n) is 4.88. The molecule has 106 valence electrons. The zero-order valence-corrected chi connectivity index (χ0v) is 12.2. The SMILES string of the molecule is CCCC(COC)NC1CC(OCC)C12CCC2. The Labute approximate surface area is 112 Å². The van der Waals surface area contributed by atoms with Crippen molar-refractivity contribution in [2.75, 3.05) is 20.3 Å². The molecular weight excluding hydrogens is 226 g/mol. The van der Waals surface area contributed by atoms with Gasteiger partial charge in [0.2, 0.25) is 0 Å². The Morgan fingerprint density at radius 3 is 2.61 bits per heavy atom. The molecule has 3 nitrogen and oxygen atoms in total. The van der Waals surface area contributed by atoms with Gasteiger partial charge >= 0.3 is 0 Å². The number of hydrogen-bond acceptors (Lipinski definition) is 3. The lowest BCUT2D eigenvalue weighted by molar-refractivity contribution is -0.175. The van der Waals surface area contributed by atoms with Gasteiger partial charge in [0.1, 0.15) is 0 Å². The summed E-state index contributed by atoms with van der Waals surface area (Å²) in [5.41, 5.74) is 0.468. The van der Waals surface area contributed by atoms with Crippen LogP contribution in [0.2, 0.25) is 0 Å². The summed E-state index contributed by atoms with van der Waals surface area (Å²) in [5, 5.41) is 3.83. The lowest BCUT2D eigenvalue weighted by atomic mass is 9.51. The fourth-order valence-corrected chi connectivity index (χ4v) is 3.72. The van der Waals surface area contributed by atoms with E-state index < -0.39 is 0 Å². The maximum absolute atomic E-state index is 5.90. The van der Waals surface area contributed by atoms with Crippen molar-refractivity contribution in [3.05, 3.63) is 0 Å². The fraction of sp³-hybridized carbons (Fsp3) is 1.00. The van der Waals surface area contributed by atoms with Crippen molar-refractivity contribution in [3.8, 4) is 0 Å².